The number of aromatic nitrogens is 4. The largest absolute Gasteiger partial charge is 0.292 e. The van der Waals surface area contributed by atoms with Crippen molar-refractivity contribution in [1.82, 2.24) is 19.8 Å². The van der Waals surface area contributed by atoms with Gasteiger partial charge in [0, 0.05) is 11.4 Å². The number of rotatable bonds is 2. The molecule has 0 aliphatic heterocycles. The second-order valence-corrected chi connectivity index (χ2v) is 7.57. The van der Waals surface area contributed by atoms with Gasteiger partial charge in [-0.15, -0.1) is 10.2 Å². The van der Waals surface area contributed by atoms with Crippen molar-refractivity contribution in [3.8, 4) is 11.1 Å². The van der Waals surface area contributed by atoms with Crippen molar-refractivity contribution >= 4 is 23.0 Å². The van der Waals surface area contributed by atoms with Crippen LogP contribution in [0.15, 0.2) is 54.6 Å². The second-order valence-electron chi connectivity index (χ2n) is 7.14. The highest BCUT2D eigenvalue weighted by molar-refractivity contribution is 6.30. The van der Waals surface area contributed by atoms with E-state index in [1.807, 2.05) is 61.5 Å². The summed E-state index contributed by atoms with van der Waals surface area (Å²) in [6, 6.07) is 17.7. The van der Waals surface area contributed by atoms with Crippen molar-refractivity contribution in [3.63, 3.8) is 0 Å². The number of ketones is 1. The summed E-state index contributed by atoms with van der Waals surface area (Å²) in [7, 11) is 0. The summed E-state index contributed by atoms with van der Waals surface area (Å²) < 4.78 is 1.81. The molecule has 5 nitrogen and oxygen atoms in total. The van der Waals surface area contributed by atoms with E-state index in [0.29, 0.717) is 29.2 Å². The molecular formula is C22H17ClN4O. The molecule has 2 aromatic carbocycles. The third-order valence-corrected chi connectivity index (χ3v) is 5.60. The molecule has 0 amide bonds. The highest BCUT2D eigenvalue weighted by Gasteiger charge is 2.31. The van der Waals surface area contributed by atoms with Gasteiger partial charge in [0.1, 0.15) is 0 Å². The summed E-state index contributed by atoms with van der Waals surface area (Å²) in [5, 5.41) is 14.1. The van der Waals surface area contributed by atoms with Crippen LogP contribution < -0.4 is 0 Å². The molecule has 1 aliphatic carbocycles. The van der Waals surface area contributed by atoms with E-state index in [1.165, 1.54) is 0 Å². The zero-order valence-electron chi connectivity index (χ0n) is 15.3. The minimum absolute atomic E-state index is 0.00464. The molecule has 28 heavy (non-hydrogen) atoms. The van der Waals surface area contributed by atoms with Crippen molar-refractivity contribution < 1.29 is 4.79 Å². The molecule has 138 valence electrons. The molecule has 0 saturated heterocycles. The molecule has 0 fully saturated rings. The molecular weight excluding hydrogens is 372 g/mol. The smallest absolute Gasteiger partial charge is 0.185 e. The fraction of sp³-hybridized carbons (Fsp3) is 0.182. The van der Waals surface area contributed by atoms with Gasteiger partial charge in [-0.3, -0.25) is 4.79 Å². The second kappa shape index (κ2) is 6.53. The zero-order chi connectivity index (χ0) is 19.3. The van der Waals surface area contributed by atoms with Crippen molar-refractivity contribution in [3.05, 3.63) is 82.3 Å². The van der Waals surface area contributed by atoms with Gasteiger partial charge in [0.05, 0.1) is 17.0 Å². The Bertz CT molecular complexity index is 1200. The maximum absolute atomic E-state index is 12.8. The molecule has 1 aliphatic rings. The van der Waals surface area contributed by atoms with Gasteiger partial charge < -0.3 is 0 Å². The number of halogens is 1. The van der Waals surface area contributed by atoms with Gasteiger partial charge in [0.15, 0.2) is 17.1 Å². The molecule has 5 rings (SSSR count). The molecule has 0 saturated carbocycles. The number of fused-ring (bicyclic) bond motifs is 3. The number of aryl methyl sites for hydroxylation is 1. The van der Waals surface area contributed by atoms with Crippen LogP contribution in [0.4, 0.5) is 0 Å². The highest BCUT2D eigenvalue weighted by Crippen LogP contribution is 2.34. The van der Waals surface area contributed by atoms with E-state index in [0.717, 1.165) is 28.1 Å². The van der Waals surface area contributed by atoms with E-state index in [9.17, 15) is 4.79 Å². The maximum Gasteiger partial charge on any atom is 0.185 e. The Morgan fingerprint density at radius 1 is 1.00 bits per heavy atom. The van der Waals surface area contributed by atoms with Gasteiger partial charge in [-0.25, -0.2) is 4.52 Å². The lowest BCUT2D eigenvalue weighted by Gasteiger charge is -2.23. The average molecular weight is 389 g/mol. The van der Waals surface area contributed by atoms with Crippen LogP contribution in [0.25, 0.3) is 16.8 Å². The van der Waals surface area contributed by atoms with Crippen LogP contribution in [0.5, 0.6) is 0 Å². The lowest BCUT2D eigenvalue weighted by molar-refractivity contribution is 0.0955. The average Bonchev–Trinajstić information content (AvgIpc) is 3.05. The number of hydrogen-bond acceptors (Lipinski definition) is 4. The monoisotopic (exact) mass is 388 g/mol. The number of carbonyl (C=O) groups is 1. The zero-order valence-corrected chi connectivity index (χ0v) is 16.0. The van der Waals surface area contributed by atoms with Crippen LogP contribution in [0, 0.1) is 6.92 Å². The lowest BCUT2D eigenvalue weighted by atomic mass is 9.83. The van der Waals surface area contributed by atoms with Crippen molar-refractivity contribution in [2.24, 2.45) is 0 Å². The molecule has 0 radical (unpaired) electrons. The molecule has 2 aromatic heterocycles. The summed E-state index contributed by atoms with van der Waals surface area (Å²) in [6.45, 7) is 1.96. The summed E-state index contributed by atoms with van der Waals surface area (Å²) in [5.74, 6) is 0.0827. The highest BCUT2D eigenvalue weighted by atomic mass is 35.5. The number of Topliss-reactive ketones (excluding diaryl/α,β-unsaturated/α-hetero) is 1. The Morgan fingerprint density at radius 3 is 2.50 bits per heavy atom. The number of hydrogen-bond donors (Lipinski definition) is 0. The Balaban J connectivity index is 1.66. The first kappa shape index (κ1) is 17.1. The van der Waals surface area contributed by atoms with E-state index in [1.54, 1.807) is 4.52 Å². The van der Waals surface area contributed by atoms with Crippen LogP contribution in [0.3, 0.4) is 0 Å². The minimum Gasteiger partial charge on any atom is -0.292 e. The van der Waals surface area contributed by atoms with Gasteiger partial charge in [-0.2, -0.15) is 5.10 Å². The van der Waals surface area contributed by atoms with E-state index in [-0.39, 0.29) is 11.7 Å². The Kier molecular flexibility index (Phi) is 3.98. The summed E-state index contributed by atoms with van der Waals surface area (Å²) in [4.78, 5) is 12.8. The van der Waals surface area contributed by atoms with Crippen LogP contribution in [-0.2, 0) is 6.42 Å². The predicted octanol–water partition coefficient (Wildman–Crippen LogP) is 4.67. The fourth-order valence-corrected chi connectivity index (χ4v) is 4.12. The molecule has 0 unspecified atom stereocenters. The van der Waals surface area contributed by atoms with Gasteiger partial charge in [0.2, 0.25) is 0 Å². The maximum atomic E-state index is 12.8. The molecule has 4 aromatic rings. The van der Waals surface area contributed by atoms with Crippen LogP contribution in [-0.4, -0.2) is 25.6 Å². The first-order valence-electron chi connectivity index (χ1n) is 9.21. The Labute approximate surface area is 167 Å². The van der Waals surface area contributed by atoms with E-state index in [4.69, 9.17) is 16.7 Å². The Morgan fingerprint density at radius 2 is 1.75 bits per heavy atom. The third-order valence-electron chi connectivity index (χ3n) is 5.35. The standard InChI is InChI=1S/C22H17ClN4O/c1-13-20(15-5-3-2-4-6-15)22-25-24-21-18(27(22)26-13)11-16(12-19(21)28)14-7-9-17(23)10-8-14/h2-10,16H,11-12H2,1H3/t16-/m1/s1. The van der Waals surface area contributed by atoms with Crippen molar-refractivity contribution in [1.29, 1.82) is 0 Å². The first-order chi connectivity index (χ1) is 13.6. The number of carbonyl (C=O) groups excluding carboxylic acids is 1. The molecule has 6 heteroatoms. The van der Waals surface area contributed by atoms with Crippen LogP contribution in [0.2, 0.25) is 5.02 Å². The summed E-state index contributed by atoms with van der Waals surface area (Å²) in [5.41, 5.74) is 5.91. The van der Waals surface area contributed by atoms with E-state index < -0.39 is 0 Å². The molecule has 0 N–H and O–H groups in total. The normalized spacial score (nSPS) is 16.4. The van der Waals surface area contributed by atoms with Gasteiger partial charge in [-0.1, -0.05) is 54.1 Å². The third kappa shape index (κ3) is 2.70. The quantitative estimate of drug-likeness (QED) is 0.500. The molecule has 2 heterocycles. The molecule has 0 bridgehead atoms. The fourth-order valence-electron chi connectivity index (χ4n) is 3.99. The first-order valence-corrected chi connectivity index (χ1v) is 9.58. The molecule has 0 spiro atoms. The van der Waals surface area contributed by atoms with E-state index >= 15 is 0 Å². The summed E-state index contributed by atoms with van der Waals surface area (Å²) >= 11 is 6.02. The van der Waals surface area contributed by atoms with E-state index in [2.05, 4.69) is 10.2 Å². The SMILES string of the molecule is Cc1nn2c3c(nnc2c1-c1ccccc1)C(=O)C[C@H](c1ccc(Cl)cc1)C3. The van der Waals surface area contributed by atoms with Crippen molar-refractivity contribution in [2.45, 2.75) is 25.7 Å². The predicted molar refractivity (Wildman–Crippen MR) is 108 cm³/mol. The minimum atomic E-state index is 0.00464. The molecule has 1 atom stereocenters. The lowest BCUT2D eigenvalue weighted by Crippen LogP contribution is -2.24. The summed E-state index contributed by atoms with van der Waals surface area (Å²) in [6.07, 6.45) is 1.10. The van der Waals surface area contributed by atoms with Crippen molar-refractivity contribution in [2.75, 3.05) is 0 Å². The van der Waals surface area contributed by atoms with Gasteiger partial charge in [-0.05, 0) is 42.5 Å². The van der Waals surface area contributed by atoms with Gasteiger partial charge in [0.25, 0.3) is 0 Å². The van der Waals surface area contributed by atoms with Crippen LogP contribution in [0.1, 0.15) is 39.8 Å². The number of nitrogens with zero attached hydrogens (tertiary/aromatic N) is 4. The Hall–Kier alpha value is -3.05. The van der Waals surface area contributed by atoms with Crippen LogP contribution >= 0.6 is 11.6 Å². The number of benzene rings is 2. The van der Waals surface area contributed by atoms with Gasteiger partial charge >= 0.3 is 0 Å². The topological polar surface area (TPSA) is 60.1 Å².